The van der Waals surface area contributed by atoms with E-state index in [1.165, 1.54) is 56.1 Å². The second kappa shape index (κ2) is 11.9. The maximum atomic E-state index is 5.90. The molecule has 1 heterocycles. The number of rotatable bonds is 10. The first-order chi connectivity index (χ1) is 10.4. The Morgan fingerprint density at radius 3 is 2.36 bits per heavy atom. The summed E-state index contributed by atoms with van der Waals surface area (Å²) in [6.07, 6.45) is 11.0. The molecule has 0 unspecified atom stereocenters. The smallest absolute Gasteiger partial charge is 0.0721 e. The second-order valence-electron chi connectivity index (χ2n) is 6.26. The molecule has 1 fully saturated rings. The van der Waals surface area contributed by atoms with Crippen LogP contribution in [0, 0.1) is 0 Å². The van der Waals surface area contributed by atoms with Gasteiger partial charge in [0.25, 0.3) is 0 Å². The van der Waals surface area contributed by atoms with E-state index in [-0.39, 0.29) is 12.4 Å². The predicted octanol–water partition coefficient (Wildman–Crippen LogP) is 4.89. The van der Waals surface area contributed by atoms with Gasteiger partial charge in [0.15, 0.2) is 0 Å². The summed E-state index contributed by atoms with van der Waals surface area (Å²) in [6.45, 7) is 5.14. The van der Waals surface area contributed by atoms with Gasteiger partial charge in [0.2, 0.25) is 0 Å². The summed E-state index contributed by atoms with van der Waals surface area (Å²) in [5.41, 5.74) is 2.77. The Balaban J connectivity index is 0.00000242. The Labute approximate surface area is 142 Å². The molecule has 0 aromatic heterocycles. The van der Waals surface area contributed by atoms with Crippen molar-refractivity contribution in [3.63, 3.8) is 0 Å². The molecular formula is C19H32ClNO. The van der Waals surface area contributed by atoms with Gasteiger partial charge in [-0.3, -0.25) is 0 Å². The van der Waals surface area contributed by atoms with Crippen LogP contribution in [0.2, 0.25) is 0 Å². The van der Waals surface area contributed by atoms with Crippen molar-refractivity contribution in [1.82, 2.24) is 5.32 Å². The third-order valence-electron chi connectivity index (χ3n) is 4.34. The number of benzene rings is 1. The van der Waals surface area contributed by atoms with Crippen LogP contribution in [0.3, 0.4) is 0 Å². The molecular weight excluding hydrogens is 294 g/mol. The van der Waals surface area contributed by atoms with Gasteiger partial charge in [-0.15, -0.1) is 12.4 Å². The van der Waals surface area contributed by atoms with E-state index < -0.39 is 0 Å². The highest BCUT2D eigenvalue weighted by atomic mass is 35.5. The van der Waals surface area contributed by atoms with Gasteiger partial charge in [-0.1, -0.05) is 63.3 Å². The van der Waals surface area contributed by atoms with Crippen LogP contribution in [-0.4, -0.2) is 19.2 Å². The minimum atomic E-state index is 0. The molecule has 0 saturated carbocycles. The predicted molar refractivity (Wildman–Crippen MR) is 96.8 cm³/mol. The quantitative estimate of drug-likeness (QED) is 0.618. The molecule has 0 aliphatic carbocycles. The number of halogens is 1. The van der Waals surface area contributed by atoms with E-state index in [0.29, 0.717) is 6.10 Å². The van der Waals surface area contributed by atoms with Crippen LogP contribution in [-0.2, 0) is 17.8 Å². The number of ether oxygens (including phenoxy) is 1. The van der Waals surface area contributed by atoms with Crippen molar-refractivity contribution >= 4 is 12.4 Å². The number of aryl methyl sites for hydroxylation is 1. The molecule has 0 spiro atoms. The van der Waals surface area contributed by atoms with Gasteiger partial charge < -0.3 is 10.1 Å². The van der Waals surface area contributed by atoms with E-state index in [1.54, 1.807) is 0 Å². The van der Waals surface area contributed by atoms with Crippen molar-refractivity contribution in [3.05, 3.63) is 35.4 Å². The molecule has 1 aliphatic rings. The van der Waals surface area contributed by atoms with Crippen LogP contribution in [0.1, 0.15) is 63.0 Å². The summed E-state index contributed by atoms with van der Waals surface area (Å²) in [4.78, 5) is 0. The van der Waals surface area contributed by atoms with Crippen LogP contribution in [0.5, 0.6) is 0 Å². The number of unbranched alkanes of at least 4 members (excludes halogenated alkanes) is 5. The first-order valence-corrected chi connectivity index (χ1v) is 8.78. The SMILES string of the molecule is CCCCCCCCc1ccc(CO[C@@H]2CCNC2)cc1.Cl. The molecule has 3 heteroatoms. The van der Waals surface area contributed by atoms with Crippen molar-refractivity contribution in [2.45, 2.75) is 71.0 Å². The molecule has 0 bridgehead atoms. The highest BCUT2D eigenvalue weighted by Gasteiger charge is 2.14. The van der Waals surface area contributed by atoms with E-state index in [1.807, 2.05) is 0 Å². The molecule has 2 rings (SSSR count). The van der Waals surface area contributed by atoms with Crippen molar-refractivity contribution in [3.8, 4) is 0 Å². The fourth-order valence-corrected chi connectivity index (χ4v) is 2.90. The Morgan fingerprint density at radius 1 is 1.00 bits per heavy atom. The van der Waals surface area contributed by atoms with Crippen molar-refractivity contribution in [2.24, 2.45) is 0 Å². The first-order valence-electron chi connectivity index (χ1n) is 8.78. The van der Waals surface area contributed by atoms with Gasteiger partial charge in [-0.05, 0) is 36.9 Å². The minimum absolute atomic E-state index is 0. The number of hydrogen-bond acceptors (Lipinski definition) is 2. The summed E-state index contributed by atoms with van der Waals surface area (Å²) in [6, 6.07) is 9.01. The lowest BCUT2D eigenvalue weighted by Crippen LogP contribution is -2.16. The lowest BCUT2D eigenvalue weighted by molar-refractivity contribution is 0.0542. The fourth-order valence-electron chi connectivity index (χ4n) is 2.90. The lowest BCUT2D eigenvalue weighted by Gasteiger charge is -2.10. The summed E-state index contributed by atoms with van der Waals surface area (Å²) < 4.78 is 5.90. The van der Waals surface area contributed by atoms with Crippen LogP contribution in [0.4, 0.5) is 0 Å². The standard InChI is InChI=1S/C19H31NO.ClH/c1-2-3-4-5-6-7-8-17-9-11-18(12-10-17)16-21-19-13-14-20-15-19;/h9-12,19-20H,2-8,13-16H2,1H3;1H/t19-;/m1./s1. The molecule has 1 atom stereocenters. The summed E-state index contributed by atoms with van der Waals surface area (Å²) in [5, 5.41) is 3.33. The van der Waals surface area contributed by atoms with Gasteiger partial charge in [0.05, 0.1) is 12.7 Å². The van der Waals surface area contributed by atoms with Gasteiger partial charge >= 0.3 is 0 Å². The Morgan fingerprint density at radius 2 is 1.68 bits per heavy atom. The maximum Gasteiger partial charge on any atom is 0.0721 e. The molecule has 1 saturated heterocycles. The van der Waals surface area contributed by atoms with Gasteiger partial charge in [0, 0.05) is 6.54 Å². The summed E-state index contributed by atoms with van der Waals surface area (Å²) in [7, 11) is 0. The summed E-state index contributed by atoms with van der Waals surface area (Å²) >= 11 is 0. The Bertz CT molecular complexity index is 374. The maximum absolute atomic E-state index is 5.90. The monoisotopic (exact) mass is 325 g/mol. The van der Waals surface area contributed by atoms with Gasteiger partial charge in [-0.2, -0.15) is 0 Å². The molecule has 2 nitrogen and oxygen atoms in total. The molecule has 0 radical (unpaired) electrons. The third kappa shape index (κ3) is 7.62. The average molecular weight is 326 g/mol. The number of hydrogen-bond donors (Lipinski definition) is 1. The first kappa shape index (κ1) is 19.5. The van der Waals surface area contributed by atoms with Crippen molar-refractivity contribution < 1.29 is 4.74 Å². The van der Waals surface area contributed by atoms with Gasteiger partial charge in [0.1, 0.15) is 0 Å². The average Bonchev–Trinajstić information content (AvgIpc) is 3.03. The number of nitrogens with one attached hydrogen (secondary N) is 1. The molecule has 1 aliphatic heterocycles. The molecule has 126 valence electrons. The molecule has 0 amide bonds. The van der Waals surface area contributed by atoms with Gasteiger partial charge in [-0.25, -0.2) is 0 Å². The van der Waals surface area contributed by atoms with Crippen molar-refractivity contribution in [1.29, 1.82) is 0 Å². The molecule has 22 heavy (non-hydrogen) atoms. The molecule has 1 aromatic rings. The highest BCUT2D eigenvalue weighted by Crippen LogP contribution is 2.13. The van der Waals surface area contributed by atoms with Crippen LogP contribution in [0.15, 0.2) is 24.3 Å². The van der Waals surface area contributed by atoms with Crippen LogP contribution in [0.25, 0.3) is 0 Å². The zero-order valence-corrected chi connectivity index (χ0v) is 14.8. The van der Waals surface area contributed by atoms with E-state index in [2.05, 4.69) is 36.5 Å². The largest absolute Gasteiger partial charge is 0.372 e. The van der Waals surface area contributed by atoms with Crippen molar-refractivity contribution in [2.75, 3.05) is 13.1 Å². The minimum Gasteiger partial charge on any atom is -0.372 e. The third-order valence-corrected chi connectivity index (χ3v) is 4.34. The Hall–Kier alpha value is -0.570. The topological polar surface area (TPSA) is 21.3 Å². The zero-order chi connectivity index (χ0) is 14.8. The normalized spacial score (nSPS) is 17.4. The van der Waals surface area contributed by atoms with Crippen LogP contribution < -0.4 is 5.32 Å². The van der Waals surface area contributed by atoms with E-state index in [4.69, 9.17) is 4.74 Å². The van der Waals surface area contributed by atoms with Crippen LogP contribution >= 0.6 is 12.4 Å². The van der Waals surface area contributed by atoms with E-state index >= 15 is 0 Å². The molecule has 1 N–H and O–H groups in total. The zero-order valence-electron chi connectivity index (χ0n) is 14.0. The fraction of sp³-hybridized carbons (Fsp3) is 0.684. The second-order valence-corrected chi connectivity index (χ2v) is 6.26. The Kier molecular flexibility index (Phi) is 10.6. The summed E-state index contributed by atoms with van der Waals surface area (Å²) in [5.74, 6) is 0. The van der Waals surface area contributed by atoms with E-state index in [9.17, 15) is 0 Å². The van der Waals surface area contributed by atoms with E-state index in [0.717, 1.165) is 26.1 Å². The lowest BCUT2D eigenvalue weighted by atomic mass is 10.0. The molecule has 1 aromatic carbocycles. The highest BCUT2D eigenvalue weighted by molar-refractivity contribution is 5.85.